The molecular weight excluding hydrogens is 274 g/mol. The van der Waals surface area contributed by atoms with Crippen LogP contribution < -0.4 is 10.1 Å². The van der Waals surface area contributed by atoms with Crippen LogP contribution in [0.2, 0.25) is 0 Å². The molecule has 0 atom stereocenters. The third kappa shape index (κ3) is 4.10. The molecule has 1 N–H and O–H groups in total. The van der Waals surface area contributed by atoms with Crippen molar-refractivity contribution in [2.45, 2.75) is 32.6 Å². The predicted molar refractivity (Wildman–Crippen MR) is 90.5 cm³/mol. The molecule has 0 saturated carbocycles. The third-order valence-corrected chi connectivity index (χ3v) is 3.55. The summed E-state index contributed by atoms with van der Waals surface area (Å²) in [6, 6.07) is 15.6. The van der Waals surface area contributed by atoms with Crippen LogP contribution in [0.25, 0.3) is 0 Å². The van der Waals surface area contributed by atoms with E-state index in [0.717, 1.165) is 16.8 Å². The molecule has 0 aromatic heterocycles. The summed E-state index contributed by atoms with van der Waals surface area (Å²) in [5.74, 6) is 0.630. The molecule has 0 fully saturated rings. The van der Waals surface area contributed by atoms with Gasteiger partial charge in [-0.3, -0.25) is 4.79 Å². The number of carbonyl (C=O) groups is 1. The van der Waals surface area contributed by atoms with Crippen LogP contribution in [-0.2, 0) is 16.6 Å². The number of ether oxygens (including phenoxy) is 1. The Morgan fingerprint density at radius 3 is 2.36 bits per heavy atom. The van der Waals surface area contributed by atoms with Crippen LogP contribution >= 0.6 is 0 Å². The molecule has 0 aliphatic carbocycles. The van der Waals surface area contributed by atoms with Gasteiger partial charge >= 0.3 is 0 Å². The van der Waals surface area contributed by atoms with Gasteiger partial charge in [0, 0.05) is 0 Å². The first-order valence-electron chi connectivity index (χ1n) is 7.42. The molecule has 0 aliphatic rings. The van der Waals surface area contributed by atoms with Gasteiger partial charge < -0.3 is 10.1 Å². The van der Waals surface area contributed by atoms with Gasteiger partial charge in [-0.1, -0.05) is 57.2 Å². The summed E-state index contributed by atoms with van der Waals surface area (Å²) in [7, 11) is 1.61. The van der Waals surface area contributed by atoms with Gasteiger partial charge in [0.2, 0.25) is 5.91 Å². The Hall–Kier alpha value is -2.29. The van der Waals surface area contributed by atoms with E-state index in [2.05, 4.69) is 26.1 Å². The van der Waals surface area contributed by atoms with Gasteiger partial charge in [-0.05, 0) is 28.7 Å². The monoisotopic (exact) mass is 297 g/mol. The van der Waals surface area contributed by atoms with E-state index in [1.807, 2.05) is 48.5 Å². The van der Waals surface area contributed by atoms with E-state index in [4.69, 9.17) is 4.74 Å². The Morgan fingerprint density at radius 1 is 1.09 bits per heavy atom. The molecular formula is C19H23NO2. The third-order valence-electron chi connectivity index (χ3n) is 3.55. The first-order valence-corrected chi connectivity index (χ1v) is 7.42. The van der Waals surface area contributed by atoms with Gasteiger partial charge in [0.05, 0.1) is 19.2 Å². The lowest BCUT2D eigenvalue weighted by atomic mass is 9.87. The average molecular weight is 297 g/mol. The van der Waals surface area contributed by atoms with Crippen molar-refractivity contribution in [1.82, 2.24) is 0 Å². The number of rotatable bonds is 4. The number of carbonyl (C=O) groups excluding carboxylic acids is 1. The van der Waals surface area contributed by atoms with Gasteiger partial charge in [-0.25, -0.2) is 0 Å². The summed E-state index contributed by atoms with van der Waals surface area (Å²) in [6.07, 6.45) is 0.351. The molecule has 0 heterocycles. The normalized spacial score (nSPS) is 11.1. The number of hydrogen-bond acceptors (Lipinski definition) is 2. The highest BCUT2D eigenvalue weighted by Crippen LogP contribution is 2.31. The summed E-state index contributed by atoms with van der Waals surface area (Å²) in [6.45, 7) is 6.43. The molecule has 22 heavy (non-hydrogen) atoms. The second-order valence-electron chi connectivity index (χ2n) is 6.38. The number of nitrogens with one attached hydrogen (secondary N) is 1. The van der Waals surface area contributed by atoms with Crippen molar-refractivity contribution in [3.05, 3.63) is 59.7 Å². The molecule has 0 radical (unpaired) electrons. The van der Waals surface area contributed by atoms with Crippen LogP contribution in [0.15, 0.2) is 48.5 Å². The summed E-state index contributed by atoms with van der Waals surface area (Å²) in [5.41, 5.74) is 2.88. The molecule has 116 valence electrons. The van der Waals surface area contributed by atoms with E-state index in [9.17, 15) is 4.79 Å². The van der Waals surface area contributed by atoms with Crippen LogP contribution in [0.1, 0.15) is 31.9 Å². The number of benzene rings is 2. The van der Waals surface area contributed by atoms with Crippen molar-refractivity contribution in [1.29, 1.82) is 0 Å². The highest BCUT2D eigenvalue weighted by molar-refractivity contribution is 5.93. The van der Waals surface area contributed by atoms with Gasteiger partial charge in [-0.15, -0.1) is 0 Å². The fraction of sp³-hybridized carbons (Fsp3) is 0.316. The van der Waals surface area contributed by atoms with Gasteiger partial charge in [0.15, 0.2) is 0 Å². The molecule has 0 unspecified atom stereocenters. The molecule has 3 heteroatoms. The number of hydrogen-bond donors (Lipinski definition) is 1. The lowest BCUT2D eigenvalue weighted by molar-refractivity contribution is -0.115. The van der Waals surface area contributed by atoms with Crippen LogP contribution in [0.5, 0.6) is 5.75 Å². The fourth-order valence-corrected chi connectivity index (χ4v) is 2.25. The van der Waals surface area contributed by atoms with E-state index >= 15 is 0 Å². The Labute approximate surface area is 132 Å². The van der Waals surface area contributed by atoms with Crippen LogP contribution in [0, 0.1) is 0 Å². The lowest BCUT2D eigenvalue weighted by Crippen LogP contribution is -2.17. The highest BCUT2D eigenvalue weighted by Gasteiger charge is 2.17. The van der Waals surface area contributed by atoms with Gasteiger partial charge in [0.1, 0.15) is 5.75 Å². The Balaban J connectivity index is 2.18. The molecule has 2 aromatic carbocycles. The minimum atomic E-state index is -0.0458. The number of amides is 1. The van der Waals surface area contributed by atoms with Crippen LogP contribution in [0.4, 0.5) is 5.69 Å². The zero-order valence-corrected chi connectivity index (χ0v) is 13.6. The standard InChI is InChI=1S/C19H23NO2/c1-19(2,3)15-10-11-17(22-4)16(13-15)20-18(21)12-14-8-6-5-7-9-14/h5-11,13H,12H2,1-4H3,(H,20,21). The van der Waals surface area contributed by atoms with Crippen molar-refractivity contribution in [2.75, 3.05) is 12.4 Å². The maximum atomic E-state index is 12.2. The first kappa shape index (κ1) is 16.1. The van der Waals surface area contributed by atoms with Crippen molar-refractivity contribution < 1.29 is 9.53 Å². The Kier molecular flexibility index (Phi) is 4.86. The minimum Gasteiger partial charge on any atom is -0.495 e. The SMILES string of the molecule is COc1ccc(C(C)(C)C)cc1NC(=O)Cc1ccccc1. The zero-order valence-electron chi connectivity index (χ0n) is 13.6. The average Bonchev–Trinajstić information content (AvgIpc) is 2.47. The van der Waals surface area contributed by atoms with Gasteiger partial charge in [0.25, 0.3) is 0 Å². The number of anilines is 1. The topological polar surface area (TPSA) is 38.3 Å². The summed E-state index contributed by atoms with van der Waals surface area (Å²) < 4.78 is 5.35. The molecule has 3 nitrogen and oxygen atoms in total. The number of methoxy groups -OCH3 is 1. The van der Waals surface area contributed by atoms with E-state index in [1.54, 1.807) is 7.11 Å². The highest BCUT2D eigenvalue weighted by atomic mass is 16.5. The smallest absolute Gasteiger partial charge is 0.228 e. The summed E-state index contributed by atoms with van der Waals surface area (Å²) in [4.78, 5) is 12.2. The van der Waals surface area contributed by atoms with Crippen LogP contribution in [0.3, 0.4) is 0 Å². The van der Waals surface area contributed by atoms with E-state index in [-0.39, 0.29) is 11.3 Å². The lowest BCUT2D eigenvalue weighted by Gasteiger charge is -2.21. The molecule has 0 spiro atoms. The van der Waals surface area contributed by atoms with Gasteiger partial charge in [-0.2, -0.15) is 0 Å². The van der Waals surface area contributed by atoms with Crippen LogP contribution in [-0.4, -0.2) is 13.0 Å². The quantitative estimate of drug-likeness (QED) is 0.919. The van der Waals surface area contributed by atoms with Crippen molar-refractivity contribution in [2.24, 2.45) is 0 Å². The minimum absolute atomic E-state index is 0.0190. The summed E-state index contributed by atoms with van der Waals surface area (Å²) >= 11 is 0. The Morgan fingerprint density at radius 2 is 1.77 bits per heavy atom. The maximum absolute atomic E-state index is 12.2. The van der Waals surface area contributed by atoms with Crippen molar-refractivity contribution in [3.8, 4) is 5.75 Å². The van der Waals surface area contributed by atoms with E-state index in [0.29, 0.717) is 12.2 Å². The predicted octanol–water partition coefficient (Wildman–Crippen LogP) is 4.17. The Bertz CT molecular complexity index is 642. The molecule has 2 aromatic rings. The zero-order chi connectivity index (χ0) is 16.2. The molecule has 0 saturated heterocycles. The first-order chi connectivity index (χ1) is 10.4. The fourth-order valence-electron chi connectivity index (χ4n) is 2.25. The van der Waals surface area contributed by atoms with Crippen molar-refractivity contribution in [3.63, 3.8) is 0 Å². The largest absolute Gasteiger partial charge is 0.495 e. The van der Waals surface area contributed by atoms with E-state index < -0.39 is 0 Å². The second-order valence-corrected chi connectivity index (χ2v) is 6.38. The molecule has 0 bridgehead atoms. The maximum Gasteiger partial charge on any atom is 0.228 e. The second kappa shape index (κ2) is 6.65. The molecule has 0 aliphatic heterocycles. The van der Waals surface area contributed by atoms with Crippen molar-refractivity contribution >= 4 is 11.6 Å². The van der Waals surface area contributed by atoms with E-state index in [1.165, 1.54) is 0 Å². The molecule has 1 amide bonds. The molecule has 2 rings (SSSR count). The summed E-state index contributed by atoms with van der Waals surface area (Å²) in [5, 5.41) is 2.96.